The van der Waals surface area contributed by atoms with Gasteiger partial charge in [0.05, 0.1) is 0 Å². The first-order valence-electron chi connectivity index (χ1n) is 9.32. The lowest BCUT2D eigenvalue weighted by Gasteiger charge is -2.49. The Bertz CT molecular complexity index is 835. The Balaban J connectivity index is 2.24. The zero-order valence-electron chi connectivity index (χ0n) is 15.5. The Morgan fingerprint density at radius 2 is 1.83 bits per heavy atom. The summed E-state index contributed by atoms with van der Waals surface area (Å²) in [6.07, 6.45) is 7.44. The van der Waals surface area contributed by atoms with Gasteiger partial charge in [0.2, 0.25) is 0 Å². The zero-order chi connectivity index (χ0) is 17.3. The van der Waals surface area contributed by atoms with Gasteiger partial charge >= 0.3 is 0 Å². The Labute approximate surface area is 144 Å². The summed E-state index contributed by atoms with van der Waals surface area (Å²) in [4.78, 5) is 0. The minimum absolute atomic E-state index is 0.0271. The van der Waals surface area contributed by atoms with E-state index < -0.39 is 0 Å². The van der Waals surface area contributed by atoms with E-state index in [-0.39, 0.29) is 16.8 Å². The molecule has 0 spiro atoms. The highest BCUT2D eigenvalue weighted by Gasteiger charge is 2.56. The molecule has 1 aliphatic carbocycles. The number of halogens is 1. The first-order valence-corrected chi connectivity index (χ1v) is 9.32. The van der Waals surface area contributed by atoms with Crippen molar-refractivity contribution in [2.24, 2.45) is 7.05 Å². The molecule has 24 heavy (non-hydrogen) atoms. The minimum atomic E-state index is -0.220. The number of rotatable bonds is 2. The van der Waals surface area contributed by atoms with E-state index in [9.17, 15) is 0 Å². The van der Waals surface area contributed by atoms with E-state index >= 15 is 4.39 Å². The first kappa shape index (κ1) is 15.9. The second-order valence-corrected chi connectivity index (χ2v) is 8.01. The van der Waals surface area contributed by atoms with Gasteiger partial charge in [-0.3, -0.25) is 0 Å². The van der Waals surface area contributed by atoms with Crippen molar-refractivity contribution in [2.45, 2.75) is 70.8 Å². The van der Waals surface area contributed by atoms with E-state index in [0.717, 1.165) is 37.7 Å². The third-order valence-corrected chi connectivity index (χ3v) is 7.15. The first-order chi connectivity index (χ1) is 11.4. The van der Waals surface area contributed by atoms with E-state index in [4.69, 9.17) is 0 Å². The quantitative estimate of drug-likeness (QED) is 0.722. The van der Waals surface area contributed by atoms with E-state index in [2.05, 4.69) is 50.3 Å². The van der Waals surface area contributed by atoms with Crippen LogP contribution in [0.25, 0.3) is 11.3 Å². The highest BCUT2D eigenvalue weighted by atomic mass is 19.1. The molecule has 2 heterocycles. The van der Waals surface area contributed by atoms with Crippen molar-refractivity contribution in [1.82, 2.24) is 4.68 Å². The molecule has 0 N–H and O–H groups in total. The molecule has 2 unspecified atom stereocenters. The van der Waals surface area contributed by atoms with Gasteiger partial charge in [0.1, 0.15) is 17.1 Å². The summed E-state index contributed by atoms with van der Waals surface area (Å²) >= 11 is 0. The van der Waals surface area contributed by atoms with Gasteiger partial charge in [-0.2, -0.15) is 0 Å². The number of hydrogen-bond acceptors (Lipinski definition) is 0. The molecule has 2 atom stereocenters. The van der Waals surface area contributed by atoms with Gasteiger partial charge in [-0.1, -0.05) is 26.8 Å². The maximum Gasteiger partial charge on any atom is 0.199 e. The molecule has 0 saturated heterocycles. The van der Waals surface area contributed by atoms with Crippen LogP contribution in [-0.2, 0) is 30.8 Å². The van der Waals surface area contributed by atoms with Crippen LogP contribution in [-0.4, -0.2) is 4.68 Å². The van der Waals surface area contributed by atoms with Crippen LogP contribution in [0.4, 0.5) is 4.39 Å². The van der Waals surface area contributed by atoms with Crippen LogP contribution in [0.1, 0.15) is 63.6 Å². The highest BCUT2D eigenvalue weighted by molar-refractivity contribution is 5.75. The van der Waals surface area contributed by atoms with Crippen LogP contribution in [0.2, 0.25) is 0 Å². The molecule has 1 aliphatic heterocycles. The lowest BCUT2D eigenvalue weighted by molar-refractivity contribution is -0.761. The molecule has 2 aliphatic rings. The highest BCUT2D eigenvalue weighted by Crippen LogP contribution is 2.55. The smallest absolute Gasteiger partial charge is 0.199 e. The average molecular weight is 327 g/mol. The Morgan fingerprint density at radius 1 is 1.12 bits per heavy atom. The summed E-state index contributed by atoms with van der Waals surface area (Å²) in [6.45, 7) is 9.03. The zero-order valence-corrected chi connectivity index (χ0v) is 15.5. The van der Waals surface area contributed by atoms with Crippen molar-refractivity contribution >= 4 is 0 Å². The van der Waals surface area contributed by atoms with E-state index in [0.29, 0.717) is 0 Å². The lowest BCUT2D eigenvalue weighted by Crippen LogP contribution is -2.60. The molecule has 0 bridgehead atoms. The summed E-state index contributed by atoms with van der Waals surface area (Å²) in [7, 11) is 2.14. The molecule has 0 saturated carbocycles. The summed E-state index contributed by atoms with van der Waals surface area (Å²) in [5, 5.41) is 0. The second-order valence-electron chi connectivity index (χ2n) is 8.01. The summed E-state index contributed by atoms with van der Waals surface area (Å²) < 4.78 is 19.9. The lowest BCUT2D eigenvalue weighted by atomic mass is 9.60. The van der Waals surface area contributed by atoms with Crippen molar-refractivity contribution in [3.05, 3.63) is 40.8 Å². The molecule has 1 aromatic heterocycles. The summed E-state index contributed by atoms with van der Waals surface area (Å²) in [5.41, 5.74) is 5.77. The fourth-order valence-corrected chi connectivity index (χ4v) is 5.39. The number of aryl methyl sites for hydroxylation is 3. The Hall–Kier alpha value is -1.64. The third-order valence-electron chi connectivity index (χ3n) is 7.15. The molecule has 128 valence electrons. The predicted octanol–water partition coefficient (Wildman–Crippen LogP) is 4.41. The van der Waals surface area contributed by atoms with Crippen LogP contribution >= 0.6 is 0 Å². The van der Waals surface area contributed by atoms with Crippen molar-refractivity contribution in [2.75, 3.05) is 0 Å². The number of aromatic nitrogens is 2. The van der Waals surface area contributed by atoms with Gasteiger partial charge in [-0.05, 0) is 50.7 Å². The van der Waals surface area contributed by atoms with Crippen molar-refractivity contribution in [3.63, 3.8) is 0 Å². The van der Waals surface area contributed by atoms with Gasteiger partial charge in [-0.15, -0.1) is 9.36 Å². The van der Waals surface area contributed by atoms with Crippen molar-refractivity contribution in [1.29, 1.82) is 0 Å². The monoisotopic (exact) mass is 327 g/mol. The van der Waals surface area contributed by atoms with Crippen LogP contribution in [0, 0.1) is 5.82 Å². The molecular formula is C21H28FN2+. The largest absolute Gasteiger partial charge is 0.207 e. The topological polar surface area (TPSA) is 8.81 Å². The third kappa shape index (κ3) is 1.63. The molecule has 4 rings (SSSR count). The number of benzene rings is 1. The van der Waals surface area contributed by atoms with E-state index in [1.165, 1.54) is 22.4 Å². The van der Waals surface area contributed by atoms with Crippen molar-refractivity contribution < 1.29 is 9.07 Å². The number of hydrogen-bond donors (Lipinski definition) is 0. The maximum atomic E-state index is 15.2. The maximum absolute atomic E-state index is 15.2. The SMILES string of the molecule is CCC1(C)c2c(F)ccc3c2-c2c(c[n+](C)n2C1(C)CC)CCC3. The van der Waals surface area contributed by atoms with Gasteiger partial charge < -0.3 is 0 Å². The normalized spacial score (nSPS) is 27.8. The molecule has 2 nitrogen and oxygen atoms in total. The molecule has 3 heteroatoms. The molecule has 2 aromatic rings. The van der Waals surface area contributed by atoms with Crippen LogP contribution in [0.15, 0.2) is 18.3 Å². The Kier molecular flexibility index (Phi) is 3.26. The van der Waals surface area contributed by atoms with Gasteiger partial charge in [0, 0.05) is 22.1 Å². The molecule has 0 radical (unpaired) electrons. The van der Waals surface area contributed by atoms with Crippen LogP contribution in [0.5, 0.6) is 0 Å². The molecular weight excluding hydrogens is 299 g/mol. The second kappa shape index (κ2) is 4.93. The van der Waals surface area contributed by atoms with E-state index in [1.807, 2.05) is 6.07 Å². The van der Waals surface area contributed by atoms with Gasteiger partial charge in [-0.25, -0.2) is 4.39 Å². The van der Waals surface area contributed by atoms with E-state index in [1.54, 1.807) is 6.07 Å². The van der Waals surface area contributed by atoms with Gasteiger partial charge in [0.15, 0.2) is 13.2 Å². The minimum Gasteiger partial charge on any atom is -0.207 e. The van der Waals surface area contributed by atoms with Crippen molar-refractivity contribution in [3.8, 4) is 11.3 Å². The average Bonchev–Trinajstić information content (AvgIpc) is 2.80. The molecule has 1 aromatic carbocycles. The fraction of sp³-hybridized carbons (Fsp3) is 0.571. The summed E-state index contributed by atoms with van der Waals surface area (Å²) in [6, 6.07) is 3.73. The summed E-state index contributed by atoms with van der Waals surface area (Å²) in [5.74, 6) is -0.0271. The van der Waals surface area contributed by atoms with Crippen LogP contribution in [0.3, 0.4) is 0 Å². The molecule has 0 fully saturated rings. The number of nitrogens with zero attached hydrogens (tertiary/aromatic N) is 2. The standard InChI is InChI=1S/C21H28FN2/c1-6-20(3)18-16(22)12-11-14-9-8-10-15-13-23(5)24(19(15)17(14)18)21(20,4)7-2/h11-13H,6-10H2,1-5H3/q+1. The van der Waals surface area contributed by atoms with Crippen LogP contribution < -0.4 is 4.68 Å². The Morgan fingerprint density at radius 3 is 2.50 bits per heavy atom. The predicted molar refractivity (Wildman–Crippen MR) is 94.6 cm³/mol. The fourth-order valence-electron chi connectivity index (χ4n) is 5.39. The van der Waals surface area contributed by atoms with Gasteiger partial charge in [0.25, 0.3) is 0 Å². The molecule has 0 amide bonds.